The number of hydrogen-bond acceptors (Lipinski definition) is 2. The summed E-state index contributed by atoms with van der Waals surface area (Å²) in [6, 6.07) is 4.30. The topological polar surface area (TPSA) is 18.5 Å². The van der Waals surface area contributed by atoms with Crippen LogP contribution in [-0.2, 0) is 14.7 Å². The predicted molar refractivity (Wildman–Crippen MR) is 106 cm³/mol. The maximum absolute atomic E-state index is 6.29. The van der Waals surface area contributed by atoms with Crippen LogP contribution < -0.4 is 5.46 Å². The molecule has 0 amide bonds. The van der Waals surface area contributed by atoms with Gasteiger partial charge in [-0.1, -0.05) is 32.6 Å². The van der Waals surface area contributed by atoms with Crippen LogP contribution >= 0.6 is 0 Å². The molecule has 1 saturated heterocycles. The Morgan fingerprint density at radius 2 is 1.24 bits per heavy atom. The van der Waals surface area contributed by atoms with Gasteiger partial charge in [0.05, 0.1) is 11.2 Å². The number of rotatable bonds is 1. The first-order valence-electron chi connectivity index (χ1n) is 8.82. The Hall–Kier alpha value is -1.68. The van der Waals surface area contributed by atoms with E-state index < -0.39 is 18.3 Å². The lowest BCUT2D eigenvalue weighted by atomic mass is 9.70. The summed E-state index contributed by atoms with van der Waals surface area (Å²) in [5.74, 6) is 12.5. The van der Waals surface area contributed by atoms with Crippen molar-refractivity contribution in [3.05, 3.63) is 28.8 Å². The van der Waals surface area contributed by atoms with Gasteiger partial charge < -0.3 is 9.31 Å². The van der Waals surface area contributed by atoms with Gasteiger partial charge in [0.15, 0.2) is 0 Å². The van der Waals surface area contributed by atoms with Gasteiger partial charge in [0, 0.05) is 16.6 Å². The first kappa shape index (κ1) is 19.6. The lowest BCUT2D eigenvalue weighted by Crippen LogP contribution is -2.41. The zero-order valence-electron chi connectivity index (χ0n) is 17.0. The zero-order chi connectivity index (χ0) is 19.0. The first-order chi connectivity index (χ1) is 11.4. The van der Waals surface area contributed by atoms with Crippen molar-refractivity contribution in [1.29, 1.82) is 0 Å². The molecular formula is C22H29BO2. The van der Waals surface area contributed by atoms with E-state index >= 15 is 0 Å². The third-order valence-corrected chi connectivity index (χ3v) is 5.05. The first-order valence-corrected chi connectivity index (χ1v) is 8.82. The molecule has 1 heterocycles. The average molecular weight is 336 g/mol. The van der Waals surface area contributed by atoms with Crippen LogP contribution in [0, 0.1) is 23.7 Å². The molecule has 132 valence electrons. The van der Waals surface area contributed by atoms with E-state index in [1.807, 2.05) is 13.8 Å². The van der Waals surface area contributed by atoms with Crippen molar-refractivity contribution in [2.24, 2.45) is 0 Å². The van der Waals surface area contributed by atoms with Crippen LogP contribution in [0.25, 0.3) is 0 Å². The zero-order valence-corrected chi connectivity index (χ0v) is 17.0. The van der Waals surface area contributed by atoms with Crippen molar-refractivity contribution in [2.75, 3.05) is 0 Å². The molecule has 1 fully saturated rings. The van der Waals surface area contributed by atoms with Crippen molar-refractivity contribution in [1.82, 2.24) is 0 Å². The molecule has 0 radical (unpaired) electrons. The Morgan fingerprint density at radius 3 is 1.56 bits per heavy atom. The van der Waals surface area contributed by atoms with Crippen LogP contribution in [0.1, 0.15) is 79.0 Å². The van der Waals surface area contributed by atoms with Gasteiger partial charge in [0.2, 0.25) is 0 Å². The van der Waals surface area contributed by atoms with Crippen LogP contribution in [-0.4, -0.2) is 18.3 Å². The van der Waals surface area contributed by atoms with Gasteiger partial charge in [-0.25, -0.2) is 0 Å². The van der Waals surface area contributed by atoms with E-state index in [1.54, 1.807) is 0 Å². The minimum absolute atomic E-state index is 0.0167. The van der Waals surface area contributed by atoms with Gasteiger partial charge >= 0.3 is 7.12 Å². The highest BCUT2D eigenvalue weighted by Crippen LogP contribution is 2.37. The normalized spacial score (nSPS) is 18.2. The standard InChI is InChI=1S/C22H29BO2/c1-10-12-16-14-18(20(3,4)5)15-17(13-11-2)19(16)23-24-21(6,7)22(8,9)25-23/h14-15H,1-9H3. The third kappa shape index (κ3) is 3.79. The van der Waals surface area contributed by atoms with Crippen LogP contribution in [0.15, 0.2) is 12.1 Å². The van der Waals surface area contributed by atoms with E-state index in [4.69, 9.17) is 9.31 Å². The molecule has 2 rings (SSSR count). The molecule has 0 aliphatic carbocycles. The Kier molecular flexibility index (Phi) is 5.16. The summed E-state index contributed by atoms with van der Waals surface area (Å²) in [6.07, 6.45) is 0. The van der Waals surface area contributed by atoms with Crippen molar-refractivity contribution >= 4 is 12.6 Å². The van der Waals surface area contributed by atoms with Gasteiger partial charge in [0.1, 0.15) is 0 Å². The van der Waals surface area contributed by atoms with Gasteiger partial charge in [-0.05, 0) is 64.7 Å². The maximum Gasteiger partial charge on any atom is 0.497 e. The van der Waals surface area contributed by atoms with Gasteiger partial charge in [-0.15, -0.1) is 11.8 Å². The molecule has 1 aliphatic heterocycles. The Bertz CT molecular complexity index is 732. The molecule has 0 spiro atoms. The molecule has 0 atom stereocenters. The highest BCUT2D eigenvalue weighted by atomic mass is 16.7. The molecule has 25 heavy (non-hydrogen) atoms. The largest absolute Gasteiger partial charge is 0.497 e. The fourth-order valence-electron chi connectivity index (χ4n) is 2.78. The summed E-state index contributed by atoms with van der Waals surface area (Å²) in [7, 11) is -0.467. The lowest BCUT2D eigenvalue weighted by Gasteiger charge is -2.32. The van der Waals surface area contributed by atoms with Crippen LogP contribution in [0.4, 0.5) is 0 Å². The fourth-order valence-corrected chi connectivity index (χ4v) is 2.78. The summed E-state index contributed by atoms with van der Waals surface area (Å²) in [4.78, 5) is 0. The monoisotopic (exact) mass is 336 g/mol. The average Bonchev–Trinajstić information content (AvgIpc) is 2.66. The van der Waals surface area contributed by atoms with Gasteiger partial charge in [0.25, 0.3) is 0 Å². The smallest absolute Gasteiger partial charge is 0.399 e. The van der Waals surface area contributed by atoms with Crippen LogP contribution in [0.3, 0.4) is 0 Å². The summed E-state index contributed by atoms with van der Waals surface area (Å²) in [5, 5.41) is 0. The second-order valence-corrected chi connectivity index (χ2v) is 8.57. The Morgan fingerprint density at radius 1 is 0.840 bits per heavy atom. The van der Waals surface area contributed by atoms with Crippen LogP contribution in [0.2, 0.25) is 0 Å². The molecule has 0 aromatic heterocycles. The second-order valence-electron chi connectivity index (χ2n) is 8.57. The second kappa shape index (κ2) is 6.56. The maximum atomic E-state index is 6.29. The number of benzene rings is 1. The van der Waals surface area contributed by atoms with E-state index in [2.05, 4.69) is 84.3 Å². The molecule has 1 aromatic carbocycles. The molecule has 0 saturated carbocycles. The lowest BCUT2D eigenvalue weighted by molar-refractivity contribution is 0.00578. The van der Waals surface area contributed by atoms with E-state index in [1.165, 1.54) is 5.56 Å². The van der Waals surface area contributed by atoms with Crippen molar-refractivity contribution < 1.29 is 9.31 Å². The van der Waals surface area contributed by atoms with Crippen molar-refractivity contribution in [3.63, 3.8) is 0 Å². The third-order valence-electron chi connectivity index (χ3n) is 5.05. The molecule has 0 N–H and O–H groups in total. The molecular weight excluding hydrogens is 307 g/mol. The van der Waals surface area contributed by atoms with Gasteiger partial charge in [-0.3, -0.25) is 0 Å². The molecule has 0 unspecified atom stereocenters. The minimum atomic E-state index is -0.467. The predicted octanol–water partition coefficient (Wildman–Crippen LogP) is 4.03. The van der Waals surface area contributed by atoms with E-state index in [-0.39, 0.29) is 5.41 Å². The quantitative estimate of drug-likeness (QED) is 0.569. The molecule has 2 nitrogen and oxygen atoms in total. The van der Waals surface area contributed by atoms with E-state index in [0.717, 1.165) is 16.6 Å². The molecule has 1 aliphatic rings. The van der Waals surface area contributed by atoms with Crippen molar-refractivity contribution in [3.8, 4) is 23.7 Å². The summed E-state index contributed by atoms with van der Waals surface area (Å²) in [6.45, 7) is 18.5. The Balaban J connectivity index is 2.71. The summed E-state index contributed by atoms with van der Waals surface area (Å²) >= 11 is 0. The molecule has 3 heteroatoms. The van der Waals surface area contributed by atoms with Crippen molar-refractivity contribution in [2.45, 2.75) is 78.9 Å². The summed E-state index contributed by atoms with van der Waals surface area (Å²) < 4.78 is 12.6. The fraction of sp³-hybridized carbons (Fsp3) is 0.545. The van der Waals surface area contributed by atoms with E-state index in [0.29, 0.717) is 0 Å². The molecule has 0 bridgehead atoms. The highest BCUT2D eigenvalue weighted by Gasteiger charge is 2.52. The van der Waals surface area contributed by atoms with E-state index in [9.17, 15) is 0 Å². The molecule has 1 aromatic rings. The Labute approximate surface area is 153 Å². The minimum Gasteiger partial charge on any atom is -0.399 e. The summed E-state index contributed by atoms with van der Waals surface area (Å²) in [5.41, 5.74) is 3.25. The van der Waals surface area contributed by atoms with Crippen LogP contribution in [0.5, 0.6) is 0 Å². The highest BCUT2D eigenvalue weighted by molar-refractivity contribution is 6.63. The SMILES string of the molecule is CC#Cc1cc(C(C)(C)C)cc(C#CC)c1B1OC(C)(C)C(C)(C)O1. The van der Waals surface area contributed by atoms with Gasteiger partial charge in [-0.2, -0.15) is 0 Å². The number of hydrogen-bond donors (Lipinski definition) is 0.